The van der Waals surface area contributed by atoms with Crippen LogP contribution in [0.15, 0.2) is 17.0 Å². The fourth-order valence-electron chi connectivity index (χ4n) is 1.49. The first-order chi connectivity index (χ1) is 6.79. The lowest BCUT2D eigenvalue weighted by atomic mass is 9.89. The molecule has 1 N–H and O–H groups in total. The summed E-state index contributed by atoms with van der Waals surface area (Å²) in [6.45, 7) is 0. The van der Waals surface area contributed by atoms with Gasteiger partial charge in [-0.1, -0.05) is 0 Å². The Hall–Kier alpha value is -0.680. The molecule has 1 heterocycles. The largest absolute Gasteiger partial charge is 0.381 e. The van der Waals surface area contributed by atoms with E-state index in [9.17, 15) is 0 Å². The van der Waals surface area contributed by atoms with Crippen LogP contribution in [0.1, 0.15) is 12.8 Å². The molecule has 0 amide bonds. The third-order valence-corrected chi connectivity index (χ3v) is 3.02. The van der Waals surface area contributed by atoms with Crippen LogP contribution in [0.5, 0.6) is 0 Å². The van der Waals surface area contributed by atoms with Gasteiger partial charge in [-0.05, 0) is 28.8 Å². The van der Waals surface area contributed by atoms with Crippen LogP contribution in [0, 0.1) is 0 Å². The molecule has 0 aromatic carbocycles. The second-order valence-corrected chi connectivity index (χ2v) is 4.24. The molecule has 1 aliphatic rings. The zero-order valence-electron chi connectivity index (χ0n) is 7.90. The van der Waals surface area contributed by atoms with Gasteiger partial charge in [0.25, 0.3) is 0 Å². The molecule has 1 aromatic heterocycles. The average Bonchev–Trinajstić information content (AvgIpc) is 2.13. The predicted octanol–water partition coefficient (Wildman–Crippen LogP) is 1.83. The van der Waals surface area contributed by atoms with Gasteiger partial charge in [-0.15, -0.1) is 0 Å². The minimum absolute atomic E-state index is 0.410. The van der Waals surface area contributed by atoms with Crippen molar-refractivity contribution in [2.45, 2.75) is 25.0 Å². The van der Waals surface area contributed by atoms with Crippen molar-refractivity contribution in [3.8, 4) is 0 Å². The lowest BCUT2D eigenvalue weighted by molar-refractivity contribution is 0.0327. The Morgan fingerprint density at radius 1 is 1.57 bits per heavy atom. The first-order valence-corrected chi connectivity index (χ1v) is 5.33. The minimum Gasteiger partial charge on any atom is -0.381 e. The van der Waals surface area contributed by atoms with Crippen LogP contribution in [-0.2, 0) is 4.74 Å². The zero-order chi connectivity index (χ0) is 9.97. The van der Waals surface area contributed by atoms with Crippen LogP contribution >= 0.6 is 15.9 Å². The van der Waals surface area contributed by atoms with Crippen molar-refractivity contribution in [3.05, 3.63) is 17.0 Å². The Morgan fingerprint density at radius 2 is 2.36 bits per heavy atom. The highest BCUT2D eigenvalue weighted by Crippen LogP contribution is 2.27. The summed E-state index contributed by atoms with van der Waals surface area (Å²) in [4.78, 5) is 8.05. The van der Waals surface area contributed by atoms with E-state index in [4.69, 9.17) is 4.74 Å². The summed E-state index contributed by atoms with van der Waals surface area (Å²) in [5, 5.41) is 3.33. The lowest BCUT2D eigenvalue weighted by Gasteiger charge is -2.35. The van der Waals surface area contributed by atoms with Crippen molar-refractivity contribution in [1.82, 2.24) is 9.97 Å². The van der Waals surface area contributed by atoms with Crippen molar-refractivity contribution in [2.24, 2.45) is 0 Å². The van der Waals surface area contributed by atoms with Gasteiger partial charge in [-0.3, -0.25) is 0 Å². The molecule has 0 atom stereocenters. The van der Waals surface area contributed by atoms with Crippen LogP contribution in [0.25, 0.3) is 0 Å². The maximum atomic E-state index is 5.20. The van der Waals surface area contributed by atoms with Crippen molar-refractivity contribution in [1.29, 1.82) is 0 Å². The number of hydrogen-bond acceptors (Lipinski definition) is 4. The third-order valence-electron chi connectivity index (χ3n) is 2.44. The van der Waals surface area contributed by atoms with E-state index in [-0.39, 0.29) is 0 Å². The molecular weight excluding hydrogens is 246 g/mol. The molecule has 14 heavy (non-hydrogen) atoms. The van der Waals surface area contributed by atoms with Crippen LogP contribution < -0.4 is 5.32 Å². The first kappa shape index (κ1) is 9.86. The van der Waals surface area contributed by atoms with Crippen molar-refractivity contribution in [3.63, 3.8) is 0 Å². The van der Waals surface area contributed by atoms with E-state index in [0.29, 0.717) is 12.1 Å². The van der Waals surface area contributed by atoms with Gasteiger partial charge in [0, 0.05) is 19.3 Å². The summed E-state index contributed by atoms with van der Waals surface area (Å²) in [7, 11) is 1.75. The van der Waals surface area contributed by atoms with E-state index >= 15 is 0 Å². The molecule has 76 valence electrons. The zero-order valence-corrected chi connectivity index (χ0v) is 9.49. The number of ether oxygens (including phenoxy) is 1. The van der Waals surface area contributed by atoms with Crippen molar-refractivity contribution < 1.29 is 4.74 Å². The molecule has 4 nitrogen and oxygen atoms in total. The normalized spacial score (nSPS) is 25.6. The average molecular weight is 258 g/mol. The van der Waals surface area contributed by atoms with E-state index in [1.807, 2.05) is 0 Å². The first-order valence-electron chi connectivity index (χ1n) is 4.54. The number of methoxy groups -OCH3 is 1. The third kappa shape index (κ3) is 2.04. The number of nitrogens with zero attached hydrogens (tertiary/aromatic N) is 2. The van der Waals surface area contributed by atoms with Crippen LogP contribution in [-0.4, -0.2) is 29.2 Å². The van der Waals surface area contributed by atoms with Crippen LogP contribution in [0.4, 0.5) is 5.82 Å². The molecule has 5 heteroatoms. The van der Waals surface area contributed by atoms with E-state index in [2.05, 4.69) is 31.2 Å². The maximum absolute atomic E-state index is 5.20. The predicted molar refractivity (Wildman–Crippen MR) is 57.2 cm³/mol. The molecule has 0 aliphatic heterocycles. The van der Waals surface area contributed by atoms with Gasteiger partial charge in [0.15, 0.2) is 0 Å². The Balaban J connectivity index is 1.90. The fraction of sp³-hybridized carbons (Fsp3) is 0.556. The Bertz CT molecular complexity index is 315. The number of anilines is 1. The maximum Gasteiger partial charge on any atom is 0.143 e. The highest BCUT2D eigenvalue weighted by molar-refractivity contribution is 9.10. The monoisotopic (exact) mass is 257 g/mol. The van der Waals surface area contributed by atoms with Crippen molar-refractivity contribution >= 4 is 21.7 Å². The summed E-state index contributed by atoms with van der Waals surface area (Å²) in [5.41, 5.74) is 0. The lowest BCUT2D eigenvalue weighted by Crippen LogP contribution is -2.40. The minimum atomic E-state index is 0.410. The SMILES string of the molecule is COC1CC(Nc2ncncc2Br)C1. The Labute approximate surface area is 91.2 Å². The Morgan fingerprint density at radius 3 is 3.00 bits per heavy atom. The molecule has 0 spiro atoms. The summed E-state index contributed by atoms with van der Waals surface area (Å²) in [6.07, 6.45) is 5.79. The summed E-state index contributed by atoms with van der Waals surface area (Å²) >= 11 is 3.39. The molecular formula is C9H12BrN3O. The van der Waals surface area contributed by atoms with Gasteiger partial charge in [-0.25, -0.2) is 9.97 Å². The molecule has 1 saturated carbocycles. The highest BCUT2D eigenvalue weighted by Gasteiger charge is 2.29. The molecule has 0 radical (unpaired) electrons. The van der Waals surface area contributed by atoms with Crippen molar-refractivity contribution in [2.75, 3.05) is 12.4 Å². The number of nitrogens with one attached hydrogen (secondary N) is 1. The van der Waals surface area contributed by atoms with Gasteiger partial charge in [0.05, 0.1) is 10.6 Å². The van der Waals surface area contributed by atoms with Gasteiger partial charge >= 0.3 is 0 Å². The van der Waals surface area contributed by atoms with Gasteiger partial charge < -0.3 is 10.1 Å². The van der Waals surface area contributed by atoms with E-state index in [1.165, 1.54) is 0 Å². The molecule has 2 rings (SSSR count). The fourth-order valence-corrected chi connectivity index (χ4v) is 1.82. The molecule has 0 saturated heterocycles. The number of halogens is 1. The molecule has 0 bridgehead atoms. The molecule has 1 aromatic rings. The van der Waals surface area contributed by atoms with E-state index in [1.54, 1.807) is 19.6 Å². The molecule has 1 fully saturated rings. The summed E-state index contributed by atoms with van der Waals surface area (Å²) in [5.74, 6) is 0.861. The summed E-state index contributed by atoms with van der Waals surface area (Å²) < 4.78 is 6.10. The van der Waals surface area contributed by atoms with E-state index in [0.717, 1.165) is 23.1 Å². The van der Waals surface area contributed by atoms with E-state index < -0.39 is 0 Å². The highest BCUT2D eigenvalue weighted by atomic mass is 79.9. The molecule has 1 aliphatic carbocycles. The van der Waals surface area contributed by atoms with Crippen LogP contribution in [0.3, 0.4) is 0 Å². The molecule has 0 unspecified atom stereocenters. The van der Waals surface area contributed by atoms with Gasteiger partial charge in [-0.2, -0.15) is 0 Å². The second-order valence-electron chi connectivity index (χ2n) is 3.39. The number of aromatic nitrogens is 2. The van der Waals surface area contributed by atoms with Gasteiger partial charge in [0.2, 0.25) is 0 Å². The summed E-state index contributed by atoms with van der Waals surface area (Å²) in [6, 6.07) is 0.478. The Kier molecular flexibility index (Phi) is 2.98. The van der Waals surface area contributed by atoms with Gasteiger partial charge in [0.1, 0.15) is 12.1 Å². The number of rotatable bonds is 3. The second kappa shape index (κ2) is 4.23. The standard InChI is InChI=1S/C9H12BrN3O/c1-14-7-2-6(3-7)13-9-8(10)4-11-5-12-9/h4-7H,2-3H2,1H3,(H,11,12,13). The quantitative estimate of drug-likeness (QED) is 0.898. The smallest absolute Gasteiger partial charge is 0.143 e. The van der Waals surface area contributed by atoms with Crippen LogP contribution in [0.2, 0.25) is 0 Å². The number of hydrogen-bond donors (Lipinski definition) is 1. The topological polar surface area (TPSA) is 47.0 Å².